The molecule has 2 fully saturated rings. The van der Waals surface area contributed by atoms with Crippen LogP contribution in [0.4, 0.5) is 13.2 Å². The maximum Gasteiger partial charge on any atom is 0.411 e. The molecule has 2 aliphatic rings. The predicted octanol–water partition coefficient (Wildman–Crippen LogP) is 3.50. The number of hydrogen-bond donors (Lipinski definition) is 0. The van der Waals surface area contributed by atoms with Crippen LogP contribution in [0.15, 0.2) is 0 Å². The van der Waals surface area contributed by atoms with E-state index in [4.69, 9.17) is 0 Å². The number of nitrogens with zero attached hydrogens (tertiary/aromatic N) is 2. The Labute approximate surface area is 141 Å². The molecule has 0 spiro atoms. The third-order valence-corrected chi connectivity index (χ3v) is 5.34. The zero-order valence-electron chi connectivity index (χ0n) is 14.5. The van der Waals surface area contributed by atoms with Gasteiger partial charge in [-0.2, -0.15) is 13.2 Å². The van der Waals surface area contributed by atoms with Gasteiger partial charge in [-0.15, -0.1) is 0 Å². The largest absolute Gasteiger partial charge is 0.411 e. The molecule has 0 radical (unpaired) electrons. The van der Waals surface area contributed by atoms with E-state index in [1.54, 1.807) is 18.7 Å². The number of halogens is 3. The van der Waals surface area contributed by atoms with E-state index in [9.17, 15) is 22.8 Å². The quantitative estimate of drug-likeness (QED) is 0.763. The molecule has 2 amide bonds. The zero-order valence-corrected chi connectivity index (χ0v) is 14.5. The topological polar surface area (TPSA) is 40.6 Å². The molecule has 0 aromatic heterocycles. The van der Waals surface area contributed by atoms with E-state index in [2.05, 4.69) is 0 Å². The molecule has 0 aromatic carbocycles. The van der Waals surface area contributed by atoms with Crippen molar-refractivity contribution in [3.05, 3.63) is 0 Å². The molecule has 2 rings (SSSR count). The molecular weight excluding hydrogens is 321 g/mol. The summed E-state index contributed by atoms with van der Waals surface area (Å²) in [7, 11) is 0. The monoisotopic (exact) mass is 348 g/mol. The number of carbonyl (C=O) groups is 2. The molecule has 2 aliphatic heterocycles. The van der Waals surface area contributed by atoms with Crippen molar-refractivity contribution in [3.8, 4) is 0 Å². The number of rotatable bonds is 5. The second kappa shape index (κ2) is 7.31. The smallest absolute Gasteiger partial charge is 0.339 e. The third-order valence-electron chi connectivity index (χ3n) is 5.34. The van der Waals surface area contributed by atoms with Gasteiger partial charge < -0.3 is 9.80 Å². The molecule has 0 bridgehead atoms. The number of hydrogen-bond acceptors (Lipinski definition) is 2. The van der Waals surface area contributed by atoms with Gasteiger partial charge in [-0.25, -0.2) is 0 Å². The van der Waals surface area contributed by atoms with Gasteiger partial charge in [0.15, 0.2) is 0 Å². The Morgan fingerprint density at radius 1 is 1.25 bits per heavy atom. The number of carbonyl (C=O) groups excluding carboxylic acids is 2. The Bertz CT molecular complexity index is 481. The van der Waals surface area contributed by atoms with Crippen LogP contribution in [0.1, 0.15) is 65.2 Å². The lowest BCUT2D eigenvalue weighted by Crippen LogP contribution is -2.58. The van der Waals surface area contributed by atoms with E-state index in [1.807, 2.05) is 0 Å². The molecule has 0 saturated carbocycles. The summed E-state index contributed by atoms with van der Waals surface area (Å²) in [6.07, 6.45) is -1.58. The van der Waals surface area contributed by atoms with E-state index < -0.39 is 17.6 Å². The first-order chi connectivity index (χ1) is 11.2. The minimum absolute atomic E-state index is 0.00128. The van der Waals surface area contributed by atoms with Crippen molar-refractivity contribution in [1.82, 2.24) is 9.80 Å². The van der Waals surface area contributed by atoms with Crippen molar-refractivity contribution in [3.63, 3.8) is 0 Å². The molecule has 2 saturated heterocycles. The molecule has 7 heteroatoms. The number of alkyl halides is 3. The molecular formula is C17H27F3N2O2. The van der Waals surface area contributed by atoms with Crippen LogP contribution < -0.4 is 0 Å². The molecule has 0 unspecified atom stereocenters. The second-order valence-electron chi connectivity index (χ2n) is 7.03. The molecule has 0 aromatic rings. The van der Waals surface area contributed by atoms with Crippen LogP contribution in [0.2, 0.25) is 0 Å². The lowest BCUT2D eigenvalue weighted by molar-refractivity contribution is -0.226. The van der Waals surface area contributed by atoms with Crippen LogP contribution >= 0.6 is 0 Å². The molecule has 0 aliphatic carbocycles. The number of amides is 2. The van der Waals surface area contributed by atoms with Crippen molar-refractivity contribution in [1.29, 1.82) is 0 Å². The summed E-state index contributed by atoms with van der Waals surface area (Å²) in [5, 5.41) is 0. The fourth-order valence-electron chi connectivity index (χ4n) is 4.12. The highest BCUT2D eigenvalue weighted by Crippen LogP contribution is 2.46. The van der Waals surface area contributed by atoms with Crippen LogP contribution in [0.3, 0.4) is 0 Å². The van der Waals surface area contributed by atoms with Gasteiger partial charge in [-0.1, -0.05) is 13.3 Å². The summed E-state index contributed by atoms with van der Waals surface area (Å²) in [6.45, 7) is 4.21. The summed E-state index contributed by atoms with van der Waals surface area (Å²) in [4.78, 5) is 27.3. The fraction of sp³-hybridized carbons (Fsp3) is 0.882. The van der Waals surface area contributed by atoms with Gasteiger partial charge in [0.2, 0.25) is 11.8 Å². The third kappa shape index (κ3) is 3.54. The second-order valence-corrected chi connectivity index (χ2v) is 7.03. The molecule has 138 valence electrons. The Hall–Kier alpha value is -1.27. The summed E-state index contributed by atoms with van der Waals surface area (Å²) >= 11 is 0. The maximum absolute atomic E-state index is 13.7. The van der Waals surface area contributed by atoms with Gasteiger partial charge in [-0.05, 0) is 39.0 Å². The number of likely N-dealkylation sites (tertiary alicyclic amines) is 2. The first-order valence-electron chi connectivity index (χ1n) is 8.89. The first kappa shape index (κ1) is 19.1. The van der Waals surface area contributed by atoms with Gasteiger partial charge in [0.05, 0.1) is 0 Å². The summed E-state index contributed by atoms with van der Waals surface area (Å²) in [6, 6.07) is -0.349. The zero-order chi connectivity index (χ0) is 18.0. The highest BCUT2D eigenvalue weighted by molar-refractivity contribution is 5.81. The SMILES string of the molecule is CCC[C@]1(C(F)(F)F)CCCN1C(=O)C[C@@H](C)N1CCCCC1=O. The molecule has 2 heterocycles. The van der Waals surface area contributed by atoms with Crippen LogP contribution in [-0.4, -0.2) is 52.5 Å². The Morgan fingerprint density at radius 2 is 1.96 bits per heavy atom. The maximum atomic E-state index is 13.7. The van der Waals surface area contributed by atoms with Crippen molar-refractivity contribution in [2.24, 2.45) is 0 Å². The van der Waals surface area contributed by atoms with E-state index >= 15 is 0 Å². The van der Waals surface area contributed by atoms with Gasteiger partial charge in [0, 0.05) is 32.0 Å². The van der Waals surface area contributed by atoms with E-state index in [-0.39, 0.29) is 37.8 Å². The van der Waals surface area contributed by atoms with Crippen LogP contribution in [0.25, 0.3) is 0 Å². The van der Waals surface area contributed by atoms with Crippen molar-refractivity contribution in [2.75, 3.05) is 13.1 Å². The van der Waals surface area contributed by atoms with Gasteiger partial charge >= 0.3 is 6.18 Å². The van der Waals surface area contributed by atoms with Gasteiger partial charge in [0.25, 0.3) is 0 Å². The fourth-order valence-corrected chi connectivity index (χ4v) is 4.12. The summed E-state index contributed by atoms with van der Waals surface area (Å²) in [5.74, 6) is -0.484. The lowest BCUT2D eigenvalue weighted by atomic mass is 9.89. The highest BCUT2D eigenvalue weighted by Gasteiger charge is 2.60. The Morgan fingerprint density at radius 3 is 2.54 bits per heavy atom. The summed E-state index contributed by atoms with van der Waals surface area (Å²) < 4.78 is 41.1. The van der Waals surface area contributed by atoms with Crippen molar-refractivity contribution < 1.29 is 22.8 Å². The minimum Gasteiger partial charge on any atom is -0.339 e. The molecule has 4 nitrogen and oxygen atoms in total. The Kier molecular flexibility index (Phi) is 5.81. The van der Waals surface area contributed by atoms with Crippen molar-refractivity contribution >= 4 is 11.8 Å². The van der Waals surface area contributed by atoms with Gasteiger partial charge in [-0.3, -0.25) is 9.59 Å². The summed E-state index contributed by atoms with van der Waals surface area (Å²) in [5.41, 5.74) is -2.02. The number of piperidine rings is 1. The Balaban J connectivity index is 2.11. The van der Waals surface area contributed by atoms with E-state index in [0.717, 1.165) is 17.7 Å². The average molecular weight is 348 g/mol. The normalized spacial score (nSPS) is 26.8. The highest BCUT2D eigenvalue weighted by atomic mass is 19.4. The van der Waals surface area contributed by atoms with Gasteiger partial charge in [0.1, 0.15) is 5.54 Å². The van der Waals surface area contributed by atoms with Crippen LogP contribution in [0, 0.1) is 0 Å². The first-order valence-corrected chi connectivity index (χ1v) is 8.89. The van der Waals surface area contributed by atoms with Crippen LogP contribution in [-0.2, 0) is 9.59 Å². The predicted molar refractivity (Wildman–Crippen MR) is 84.3 cm³/mol. The van der Waals surface area contributed by atoms with E-state index in [0.29, 0.717) is 25.8 Å². The molecule has 0 N–H and O–H groups in total. The van der Waals surface area contributed by atoms with Crippen molar-refractivity contribution in [2.45, 2.75) is 83.0 Å². The molecule has 24 heavy (non-hydrogen) atoms. The molecule has 2 atom stereocenters. The minimum atomic E-state index is -4.42. The standard InChI is InChI=1S/C17H27F3N2O2/c1-3-8-16(17(18,19)20)9-6-11-22(16)15(24)12-13(2)21-10-5-4-7-14(21)23/h13H,3-12H2,1-2H3/t13-,16-/m1/s1. The lowest BCUT2D eigenvalue weighted by Gasteiger charge is -2.41. The average Bonchev–Trinajstić information content (AvgIpc) is 2.93. The van der Waals surface area contributed by atoms with E-state index in [1.165, 1.54) is 0 Å². The van der Waals surface area contributed by atoms with Crippen LogP contribution in [0.5, 0.6) is 0 Å².